The highest BCUT2D eigenvalue weighted by Gasteiger charge is 2.01. The molecule has 14 heavy (non-hydrogen) atoms. The van der Waals surface area contributed by atoms with Gasteiger partial charge in [0.05, 0.1) is 12.7 Å². The molecule has 78 valence electrons. The predicted molar refractivity (Wildman–Crippen MR) is 57.4 cm³/mol. The first kappa shape index (κ1) is 11.1. The zero-order valence-electron chi connectivity index (χ0n) is 9.03. The van der Waals surface area contributed by atoms with Crippen LogP contribution in [0.2, 0.25) is 0 Å². The first-order chi connectivity index (χ1) is 6.59. The van der Waals surface area contributed by atoms with E-state index in [9.17, 15) is 5.11 Å². The van der Waals surface area contributed by atoms with Gasteiger partial charge < -0.3 is 9.84 Å². The normalized spacial score (nSPS) is 12.9. The second-order valence-electron chi connectivity index (χ2n) is 3.95. The van der Waals surface area contributed by atoms with E-state index in [0.29, 0.717) is 5.92 Å². The van der Waals surface area contributed by atoms with Gasteiger partial charge in [-0.2, -0.15) is 0 Å². The van der Waals surface area contributed by atoms with Gasteiger partial charge in [0.2, 0.25) is 0 Å². The van der Waals surface area contributed by atoms with Gasteiger partial charge in [0, 0.05) is 0 Å². The molecular weight excluding hydrogens is 176 g/mol. The lowest BCUT2D eigenvalue weighted by atomic mass is 10.1. The zero-order chi connectivity index (χ0) is 10.6. The van der Waals surface area contributed by atoms with Crippen LogP contribution in [-0.4, -0.2) is 11.7 Å². The van der Waals surface area contributed by atoms with Crippen molar-refractivity contribution >= 4 is 0 Å². The summed E-state index contributed by atoms with van der Waals surface area (Å²) in [7, 11) is 0. The maximum absolute atomic E-state index is 9.29. The quantitative estimate of drug-likeness (QED) is 0.798. The summed E-state index contributed by atoms with van der Waals surface area (Å²) in [5.74, 6) is 1.40. The number of aliphatic hydroxyl groups excluding tert-OH is 1. The van der Waals surface area contributed by atoms with E-state index in [1.165, 1.54) is 0 Å². The maximum atomic E-state index is 9.29. The van der Waals surface area contributed by atoms with Crippen LogP contribution in [0.4, 0.5) is 0 Å². The van der Waals surface area contributed by atoms with Crippen LogP contribution in [0.5, 0.6) is 5.75 Å². The van der Waals surface area contributed by atoms with Crippen LogP contribution in [0, 0.1) is 5.92 Å². The molecular formula is C12H18O2. The molecule has 0 aliphatic heterocycles. The molecule has 1 unspecified atom stereocenters. The second-order valence-corrected chi connectivity index (χ2v) is 3.95. The molecule has 0 aromatic heterocycles. The zero-order valence-corrected chi connectivity index (χ0v) is 9.03. The summed E-state index contributed by atoms with van der Waals surface area (Å²) in [6.07, 6.45) is -0.408. The molecule has 0 heterocycles. The SMILES string of the molecule is CC(C)COc1ccc(C(C)O)cc1. The van der Waals surface area contributed by atoms with Crippen LogP contribution >= 0.6 is 0 Å². The highest BCUT2D eigenvalue weighted by molar-refractivity contribution is 5.28. The van der Waals surface area contributed by atoms with Crippen molar-refractivity contribution in [2.24, 2.45) is 5.92 Å². The predicted octanol–water partition coefficient (Wildman–Crippen LogP) is 2.77. The Morgan fingerprint density at radius 1 is 1.14 bits per heavy atom. The molecule has 1 aromatic rings. The fourth-order valence-corrected chi connectivity index (χ4v) is 1.11. The van der Waals surface area contributed by atoms with E-state index in [1.807, 2.05) is 24.3 Å². The first-order valence-corrected chi connectivity index (χ1v) is 5.00. The third-order valence-corrected chi connectivity index (χ3v) is 1.95. The molecule has 0 saturated carbocycles. The Hall–Kier alpha value is -1.02. The molecule has 0 fully saturated rings. The van der Waals surface area contributed by atoms with Crippen molar-refractivity contribution in [2.75, 3.05) is 6.61 Å². The van der Waals surface area contributed by atoms with E-state index in [1.54, 1.807) is 6.92 Å². The summed E-state index contributed by atoms with van der Waals surface area (Å²) in [5, 5.41) is 9.29. The van der Waals surface area contributed by atoms with Crippen LogP contribution in [0.1, 0.15) is 32.4 Å². The van der Waals surface area contributed by atoms with Gasteiger partial charge in [-0.05, 0) is 30.5 Å². The van der Waals surface area contributed by atoms with Crippen molar-refractivity contribution in [2.45, 2.75) is 26.9 Å². The fraction of sp³-hybridized carbons (Fsp3) is 0.500. The average molecular weight is 194 g/mol. The summed E-state index contributed by atoms with van der Waals surface area (Å²) < 4.78 is 5.52. The lowest BCUT2D eigenvalue weighted by Gasteiger charge is -2.09. The monoisotopic (exact) mass is 194 g/mol. The third kappa shape index (κ3) is 3.38. The van der Waals surface area contributed by atoms with Gasteiger partial charge in [-0.1, -0.05) is 26.0 Å². The largest absolute Gasteiger partial charge is 0.493 e. The lowest BCUT2D eigenvalue weighted by Crippen LogP contribution is -2.04. The van der Waals surface area contributed by atoms with Crippen molar-refractivity contribution < 1.29 is 9.84 Å². The summed E-state index contributed by atoms with van der Waals surface area (Å²) in [5.41, 5.74) is 0.918. The molecule has 2 nitrogen and oxygen atoms in total. The second kappa shape index (κ2) is 5.01. The minimum atomic E-state index is -0.408. The average Bonchev–Trinajstić information content (AvgIpc) is 2.15. The van der Waals surface area contributed by atoms with Gasteiger partial charge in [-0.25, -0.2) is 0 Å². The van der Waals surface area contributed by atoms with Crippen LogP contribution in [0.25, 0.3) is 0 Å². The highest BCUT2D eigenvalue weighted by atomic mass is 16.5. The number of hydrogen-bond donors (Lipinski definition) is 1. The Bertz CT molecular complexity index is 262. The first-order valence-electron chi connectivity index (χ1n) is 5.00. The molecule has 0 spiro atoms. The molecule has 0 amide bonds. The summed E-state index contributed by atoms with van der Waals surface area (Å²) in [4.78, 5) is 0. The standard InChI is InChI=1S/C12H18O2/c1-9(2)8-14-12-6-4-11(5-7-12)10(3)13/h4-7,9-10,13H,8H2,1-3H3. The van der Waals surface area contributed by atoms with Gasteiger partial charge in [-0.15, -0.1) is 0 Å². The Morgan fingerprint density at radius 3 is 2.14 bits per heavy atom. The van der Waals surface area contributed by atoms with Gasteiger partial charge in [-0.3, -0.25) is 0 Å². The molecule has 1 aromatic carbocycles. The Kier molecular flexibility index (Phi) is 3.96. The topological polar surface area (TPSA) is 29.5 Å². The van der Waals surface area contributed by atoms with E-state index in [-0.39, 0.29) is 0 Å². The Morgan fingerprint density at radius 2 is 1.71 bits per heavy atom. The van der Waals surface area contributed by atoms with Crippen molar-refractivity contribution in [1.82, 2.24) is 0 Å². The summed E-state index contributed by atoms with van der Waals surface area (Å²) in [6.45, 7) is 6.71. The smallest absolute Gasteiger partial charge is 0.119 e. The van der Waals surface area contributed by atoms with Crippen molar-refractivity contribution in [3.8, 4) is 5.75 Å². The van der Waals surface area contributed by atoms with Gasteiger partial charge >= 0.3 is 0 Å². The van der Waals surface area contributed by atoms with E-state index in [0.717, 1.165) is 17.9 Å². The van der Waals surface area contributed by atoms with Gasteiger partial charge in [0.25, 0.3) is 0 Å². The molecule has 2 heteroatoms. The van der Waals surface area contributed by atoms with Crippen molar-refractivity contribution in [3.63, 3.8) is 0 Å². The van der Waals surface area contributed by atoms with E-state index >= 15 is 0 Å². The summed E-state index contributed by atoms with van der Waals surface area (Å²) in [6, 6.07) is 7.56. The number of aliphatic hydroxyl groups is 1. The van der Waals surface area contributed by atoms with Gasteiger partial charge in [0.1, 0.15) is 5.75 Å². The minimum absolute atomic E-state index is 0.408. The molecule has 0 aliphatic carbocycles. The van der Waals surface area contributed by atoms with Crippen LogP contribution in [0.3, 0.4) is 0 Å². The number of ether oxygens (including phenoxy) is 1. The number of hydrogen-bond acceptors (Lipinski definition) is 2. The molecule has 0 aliphatic rings. The minimum Gasteiger partial charge on any atom is -0.493 e. The molecule has 0 radical (unpaired) electrons. The number of benzene rings is 1. The lowest BCUT2D eigenvalue weighted by molar-refractivity contribution is 0.199. The summed E-state index contributed by atoms with van der Waals surface area (Å²) >= 11 is 0. The van der Waals surface area contributed by atoms with Crippen molar-refractivity contribution in [1.29, 1.82) is 0 Å². The van der Waals surface area contributed by atoms with E-state index < -0.39 is 6.10 Å². The molecule has 0 bridgehead atoms. The van der Waals surface area contributed by atoms with Gasteiger partial charge in [0.15, 0.2) is 0 Å². The highest BCUT2D eigenvalue weighted by Crippen LogP contribution is 2.17. The fourth-order valence-electron chi connectivity index (χ4n) is 1.11. The third-order valence-electron chi connectivity index (χ3n) is 1.95. The van der Waals surface area contributed by atoms with E-state index in [4.69, 9.17) is 4.74 Å². The Labute approximate surface area is 85.5 Å². The molecule has 1 N–H and O–H groups in total. The Balaban J connectivity index is 2.55. The van der Waals surface area contributed by atoms with Crippen LogP contribution < -0.4 is 4.74 Å². The van der Waals surface area contributed by atoms with Crippen LogP contribution in [0.15, 0.2) is 24.3 Å². The van der Waals surface area contributed by atoms with E-state index in [2.05, 4.69) is 13.8 Å². The van der Waals surface area contributed by atoms with Crippen molar-refractivity contribution in [3.05, 3.63) is 29.8 Å². The number of rotatable bonds is 4. The molecule has 1 rings (SSSR count). The molecule has 1 atom stereocenters. The maximum Gasteiger partial charge on any atom is 0.119 e. The van der Waals surface area contributed by atoms with Crippen LogP contribution in [-0.2, 0) is 0 Å². The molecule has 0 saturated heterocycles.